The van der Waals surface area contributed by atoms with E-state index in [0.717, 1.165) is 6.26 Å². The Labute approximate surface area is 101 Å². The Kier molecular flexibility index (Phi) is 5.05. The Hall–Kier alpha value is -0.780. The van der Waals surface area contributed by atoms with E-state index in [1.165, 1.54) is 0 Å². The van der Waals surface area contributed by atoms with Crippen molar-refractivity contribution in [3.05, 3.63) is 29.3 Å². The molecular weight excluding hydrogens is 250 g/mol. The second-order valence-corrected chi connectivity index (χ2v) is 5.54. The molecule has 0 bridgehead atoms. The molecular formula is C10H14ClNO3S. The van der Waals surface area contributed by atoms with Gasteiger partial charge in [0, 0.05) is 6.54 Å². The smallest absolute Gasteiger partial charge is 0.208 e. The SMILES string of the molecule is CS(=O)(=O)NCCCOc1ccccc1Cl. The fourth-order valence-corrected chi connectivity index (χ4v) is 1.78. The Morgan fingerprint density at radius 2 is 2.06 bits per heavy atom. The first-order chi connectivity index (χ1) is 7.49. The van der Waals surface area contributed by atoms with Crippen molar-refractivity contribution in [2.45, 2.75) is 6.42 Å². The Bertz CT molecular complexity index is 433. The third-order valence-electron chi connectivity index (χ3n) is 1.78. The number of hydrogen-bond acceptors (Lipinski definition) is 3. The minimum absolute atomic E-state index is 0.364. The van der Waals surface area contributed by atoms with Crippen LogP contribution in [0.1, 0.15) is 6.42 Å². The van der Waals surface area contributed by atoms with Gasteiger partial charge in [0.15, 0.2) is 0 Å². The van der Waals surface area contributed by atoms with E-state index in [9.17, 15) is 8.42 Å². The third-order valence-corrected chi connectivity index (χ3v) is 2.82. The van der Waals surface area contributed by atoms with Gasteiger partial charge in [-0.3, -0.25) is 0 Å². The fourth-order valence-electron chi connectivity index (χ4n) is 1.07. The van der Waals surface area contributed by atoms with Crippen molar-refractivity contribution in [1.29, 1.82) is 0 Å². The van der Waals surface area contributed by atoms with Gasteiger partial charge < -0.3 is 4.74 Å². The minimum atomic E-state index is -3.11. The zero-order valence-corrected chi connectivity index (χ0v) is 10.5. The van der Waals surface area contributed by atoms with Gasteiger partial charge in [-0.15, -0.1) is 0 Å². The maximum Gasteiger partial charge on any atom is 0.208 e. The molecule has 0 amide bonds. The van der Waals surface area contributed by atoms with E-state index >= 15 is 0 Å². The molecule has 0 aromatic heterocycles. The van der Waals surface area contributed by atoms with Gasteiger partial charge in [-0.05, 0) is 18.6 Å². The largest absolute Gasteiger partial charge is 0.492 e. The van der Waals surface area contributed by atoms with Crippen molar-refractivity contribution in [1.82, 2.24) is 4.72 Å². The molecule has 0 aliphatic rings. The minimum Gasteiger partial charge on any atom is -0.492 e. The van der Waals surface area contributed by atoms with Crippen LogP contribution in [0.5, 0.6) is 5.75 Å². The molecule has 1 N–H and O–H groups in total. The zero-order chi connectivity index (χ0) is 12.0. The first-order valence-corrected chi connectivity index (χ1v) is 7.08. The van der Waals surface area contributed by atoms with Gasteiger partial charge in [0.05, 0.1) is 17.9 Å². The van der Waals surface area contributed by atoms with Crippen molar-refractivity contribution in [2.24, 2.45) is 0 Å². The molecule has 0 saturated heterocycles. The number of halogens is 1. The van der Waals surface area contributed by atoms with E-state index in [0.29, 0.717) is 30.3 Å². The summed E-state index contributed by atoms with van der Waals surface area (Å²) in [5.41, 5.74) is 0. The van der Waals surface area contributed by atoms with Crippen molar-refractivity contribution in [3.8, 4) is 5.75 Å². The molecule has 0 unspecified atom stereocenters. The highest BCUT2D eigenvalue weighted by atomic mass is 35.5. The highest BCUT2D eigenvalue weighted by Gasteiger charge is 2.01. The maximum atomic E-state index is 10.7. The van der Waals surface area contributed by atoms with Crippen LogP contribution in [0.2, 0.25) is 5.02 Å². The van der Waals surface area contributed by atoms with Crippen molar-refractivity contribution in [3.63, 3.8) is 0 Å². The quantitative estimate of drug-likeness (QED) is 0.794. The summed E-state index contributed by atoms with van der Waals surface area (Å²) < 4.78 is 29.3. The number of sulfonamides is 1. The van der Waals surface area contributed by atoms with Crippen LogP contribution in [0, 0.1) is 0 Å². The zero-order valence-electron chi connectivity index (χ0n) is 8.94. The van der Waals surface area contributed by atoms with Gasteiger partial charge in [-0.1, -0.05) is 23.7 Å². The lowest BCUT2D eigenvalue weighted by molar-refractivity contribution is 0.312. The summed E-state index contributed by atoms with van der Waals surface area (Å²) in [6.45, 7) is 0.787. The van der Waals surface area contributed by atoms with E-state index < -0.39 is 10.0 Å². The standard InChI is InChI=1S/C10H14ClNO3S/c1-16(13,14)12-7-4-8-15-10-6-3-2-5-9(10)11/h2-3,5-6,12H,4,7-8H2,1H3. The van der Waals surface area contributed by atoms with E-state index in [1.807, 2.05) is 12.1 Å². The lowest BCUT2D eigenvalue weighted by Gasteiger charge is -2.07. The maximum absolute atomic E-state index is 10.7. The van der Waals surface area contributed by atoms with Crippen LogP contribution >= 0.6 is 11.6 Å². The summed E-state index contributed by atoms with van der Waals surface area (Å²) in [5, 5.41) is 0.554. The summed E-state index contributed by atoms with van der Waals surface area (Å²) in [5.74, 6) is 0.614. The van der Waals surface area contributed by atoms with Crippen LogP contribution in [0.4, 0.5) is 0 Å². The molecule has 90 valence electrons. The van der Waals surface area contributed by atoms with Crippen LogP contribution in [0.25, 0.3) is 0 Å². The van der Waals surface area contributed by atoms with Gasteiger partial charge in [0.1, 0.15) is 5.75 Å². The Balaban J connectivity index is 2.24. The number of rotatable bonds is 6. The van der Waals surface area contributed by atoms with Crippen LogP contribution in [0.15, 0.2) is 24.3 Å². The van der Waals surface area contributed by atoms with Crippen LogP contribution < -0.4 is 9.46 Å². The molecule has 0 aliphatic heterocycles. The molecule has 16 heavy (non-hydrogen) atoms. The summed E-state index contributed by atoms with van der Waals surface area (Å²) in [6, 6.07) is 7.16. The Morgan fingerprint density at radius 1 is 1.38 bits per heavy atom. The highest BCUT2D eigenvalue weighted by Crippen LogP contribution is 2.22. The van der Waals surface area contributed by atoms with Crippen molar-refractivity contribution < 1.29 is 13.2 Å². The van der Waals surface area contributed by atoms with E-state index in [-0.39, 0.29) is 0 Å². The monoisotopic (exact) mass is 263 g/mol. The molecule has 0 radical (unpaired) electrons. The van der Waals surface area contributed by atoms with E-state index in [1.54, 1.807) is 12.1 Å². The average Bonchev–Trinajstić information content (AvgIpc) is 2.18. The van der Waals surface area contributed by atoms with Crippen LogP contribution in [-0.4, -0.2) is 27.8 Å². The van der Waals surface area contributed by atoms with Gasteiger partial charge >= 0.3 is 0 Å². The fraction of sp³-hybridized carbons (Fsp3) is 0.400. The average molecular weight is 264 g/mol. The molecule has 0 atom stereocenters. The Morgan fingerprint density at radius 3 is 2.69 bits per heavy atom. The topological polar surface area (TPSA) is 55.4 Å². The molecule has 0 heterocycles. The predicted octanol–water partition coefficient (Wildman–Crippen LogP) is 1.66. The molecule has 1 aromatic rings. The number of ether oxygens (including phenoxy) is 1. The molecule has 6 heteroatoms. The molecule has 0 fully saturated rings. The van der Waals surface area contributed by atoms with Gasteiger partial charge in [0.25, 0.3) is 0 Å². The summed E-state index contributed by atoms with van der Waals surface area (Å²) in [6.07, 6.45) is 1.72. The molecule has 0 saturated carbocycles. The second kappa shape index (κ2) is 6.08. The van der Waals surface area contributed by atoms with Crippen LogP contribution in [-0.2, 0) is 10.0 Å². The predicted molar refractivity (Wildman–Crippen MR) is 64.4 cm³/mol. The van der Waals surface area contributed by atoms with Crippen molar-refractivity contribution in [2.75, 3.05) is 19.4 Å². The summed E-state index contributed by atoms with van der Waals surface area (Å²) >= 11 is 5.87. The number of para-hydroxylation sites is 1. The number of benzene rings is 1. The van der Waals surface area contributed by atoms with Gasteiger partial charge in [-0.25, -0.2) is 13.1 Å². The lowest BCUT2D eigenvalue weighted by Crippen LogP contribution is -2.24. The van der Waals surface area contributed by atoms with Gasteiger partial charge in [0.2, 0.25) is 10.0 Å². The van der Waals surface area contributed by atoms with E-state index in [4.69, 9.17) is 16.3 Å². The summed E-state index contributed by atoms with van der Waals surface area (Å²) in [4.78, 5) is 0. The van der Waals surface area contributed by atoms with Gasteiger partial charge in [-0.2, -0.15) is 0 Å². The normalized spacial score (nSPS) is 11.4. The third kappa shape index (κ3) is 5.34. The van der Waals surface area contributed by atoms with Crippen LogP contribution in [0.3, 0.4) is 0 Å². The number of hydrogen-bond donors (Lipinski definition) is 1. The van der Waals surface area contributed by atoms with Crippen molar-refractivity contribution >= 4 is 21.6 Å². The second-order valence-electron chi connectivity index (χ2n) is 3.30. The molecule has 0 aliphatic carbocycles. The first-order valence-electron chi connectivity index (χ1n) is 4.81. The lowest BCUT2D eigenvalue weighted by atomic mass is 10.3. The highest BCUT2D eigenvalue weighted by molar-refractivity contribution is 7.88. The molecule has 1 aromatic carbocycles. The molecule has 4 nitrogen and oxygen atoms in total. The first kappa shape index (κ1) is 13.3. The number of nitrogens with one attached hydrogen (secondary N) is 1. The molecule has 0 spiro atoms. The molecule has 1 rings (SSSR count). The van der Waals surface area contributed by atoms with E-state index in [2.05, 4.69) is 4.72 Å². The summed E-state index contributed by atoms with van der Waals surface area (Å²) in [7, 11) is -3.11.